The van der Waals surface area contributed by atoms with Crippen molar-refractivity contribution in [3.8, 4) is 0 Å². The number of hydrogen-bond acceptors (Lipinski definition) is 2. The van der Waals surface area contributed by atoms with Crippen molar-refractivity contribution in [1.29, 1.82) is 0 Å². The van der Waals surface area contributed by atoms with E-state index in [1.54, 1.807) is 6.08 Å². The molecule has 1 saturated heterocycles. The molecule has 0 bridgehead atoms. The molecule has 1 fully saturated rings. The first-order valence-electron chi connectivity index (χ1n) is 6.33. The first-order valence-corrected chi connectivity index (χ1v) is 6.33. The third-order valence-corrected chi connectivity index (χ3v) is 3.61. The van der Waals surface area contributed by atoms with Gasteiger partial charge in [-0.15, -0.1) is 0 Å². The highest BCUT2D eigenvalue weighted by atomic mass is 19.4. The Morgan fingerprint density at radius 3 is 2.42 bits per heavy atom. The lowest BCUT2D eigenvalue weighted by Gasteiger charge is -2.33. The van der Waals surface area contributed by atoms with Crippen LogP contribution in [-0.2, 0) is 0 Å². The molecular weight excluding hydrogens is 253 g/mol. The fraction of sp³-hybridized carbons (Fsp3) is 0.500. The molecule has 0 aromatic carbocycles. The average Bonchev–Trinajstić information content (AvgIpc) is 2.38. The Hall–Kier alpha value is -1.52. The zero-order valence-electron chi connectivity index (χ0n) is 10.9. The lowest BCUT2D eigenvalue weighted by Crippen LogP contribution is -2.39. The second-order valence-electron chi connectivity index (χ2n) is 4.85. The molecule has 0 spiro atoms. The Kier molecular flexibility index (Phi) is 3.83. The number of aryl methyl sites for hydroxylation is 1. The number of pyridine rings is 1. The highest BCUT2D eigenvalue weighted by Crippen LogP contribution is 2.35. The quantitative estimate of drug-likeness (QED) is 0.812. The molecule has 0 saturated carbocycles. The van der Waals surface area contributed by atoms with E-state index >= 15 is 0 Å². The van der Waals surface area contributed by atoms with Gasteiger partial charge in [-0.3, -0.25) is 0 Å². The summed E-state index contributed by atoms with van der Waals surface area (Å²) >= 11 is 0. The van der Waals surface area contributed by atoms with Crippen LogP contribution in [0, 0.1) is 12.8 Å². The monoisotopic (exact) mass is 270 g/mol. The van der Waals surface area contributed by atoms with Gasteiger partial charge in [0.05, 0.1) is 5.92 Å². The van der Waals surface area contributed by atoms with Gasteiger partial charge in [-0.1, -0.05) is 12.7 Å². The van der Waals surface area contributed by atoms with E-state index in [1.807, 2.05) is 24.0 Å². The topological polar surface area (TPSA) is 16.1 Å². The Morgan fingerprint density at radius 1 is 1.32 bits per heavy atom. The maximum Gasteiger partial charge on any atom is 0.391 e. The van der Waals surface area contributed by atoms with Gasteiger partial charge in [-0.2, -0.15) is 13.2 Å². The van der Waals surface area contributed by atoms with Crippen LogP contribution in [0.15, 0.2) is 18.7 Å². The summed E-state index contributed by atoms with van der Waals surface area (Å²) in [6, 6.07) is 3.75. The van der Waals surface area contributed by atoms with Crippen LogP contribution in [-0.4, -0.2) is 24.2 Å². The summed E-state index contributed by atoms with van der Waals surface area (Å²) in [6.45, 7) is 6.38. The molecule has 0 unspecified atom stereocenters. The number of anilines is 1. The Labute approximate surface area is 110 Å². The molecule has 0 radical (unpaired) electrons. The van der Waals surface area contributed by atoms with E-state index in [1.165, 1.54) is 0 Å². The minimum absolute atomic E-state index is 0.146. The van der Waals surface area contributed by atoms with Crippen molar-refractivity contribution in [2.45, 2.75) is 25.9 Å². The van der Waals surface area contributed by atoms with E-state index in [0.29, 0.717) is 13.1 Å². The lowest BCUT2D eigenvalue weighted by molar-refractivity contribution is -0.179. The first kappa shape index (κ1) is 13.9. The van der Waals surface area contributed by atoms with Gasteiger partial charge in [0, 0.05) is 18.8 Å². The SMILES string of the molecule is C=Cc1ccc(N2CCC(C(F)(F)F)CC2)nc1C. The van der Waals surface area contributed by atoms with Crippen molar-refractivity contribution < 1.29 is 13.2 Å². The van der Waals surface area contributed by atoms with Gasteiger partial charge in [-0.05, 0) is 37.5 Å². The lowest BCUT2D eigenvalue weighted by atomic mass is 9.96. The van der Waals surface area contributed by atoms with Gasteiger partial charge >= 0.3 is 6.18 Å². The summed E-state index contributed by atoms with van der Waals surface area (Å²) < 4.78 is 37.8. The summed E-state index contributed by atoms with van der Waals surface area (Å²) in [5.41, 5.74) is 1.80. The molecular formula is C14H17F3N2. The fourth-order valence-corrected chi connectivity index (χ4v) is 2.39. The molecule has 104 valence electrons. The molecule has 19 heavy (non-hydrogen) atoms. The Balaban J connectivity index is 2.06. The number of hydrogen-bond donors (Lipinski definition) is 0. The van der Waals surface area contributed by atoms with Crippen molar-refractivity contribution in [2.75, 3.05) is 18.0 Å². The van der Waals surface area contributed by atoms with Crippen LogP contribution in [0.4, 0.5) is 19.0 Å². The molecule has 0 N–H and O–H groups in total. The van der Waals surface area contributed by atoms with Crippen molar-refractivity contribution in [1.82, 2.24) is 4.98 Å². The molecule has 2 heterocycles. The predicted octanol–water partition coefficient (Wildman–Crippen LogP) is 3.81. The van der Waals surface area contributed by atoms with E-state index in [9.17, 15) is 13.2 Å². The molecule has 0 amide bonds. The summed E-state index contributed by atoms with van der Waals surface area (Å²) in [6.07, 6.45) is -2.05. The van der Waals surface area contributed by atoms with E-state index in [0.717, 1.165) is 17.1 Å². The Bertz CT molecular complexity index is 460. The van der Waals surface area contributed by atoms with Crippen molar-refractivity contribution >= 4 is 11.9 Å². The number of halogens is 3. The summed E-state index contributed by atoms with van der Waals surface area (Å²) in [4.78, 5) is 6.35. The standard InChI is InChI=1S/C14H17F3N2/c1-3-11-4-5-13(18-10(11)2)19-8-6-12(7-9-19)14(15,16)17/h3-5,12H,1,6-9H2,2H3. The molecule has 1 aliphatic heterocycles. The number of nitrogens with zero attached hydrogens (tertiary/aromatic N) is 2. The third-order valence-electron chi connectivity index (χ3n) is 3.61. The van der Waals surface area contributed by atoms with E-state index in [2.05, 4.69) is 11.6 Å². The van der Waals surface area contributed by atoms with Gasteiger partial charge in [0.1, 0.15) is 5.82 Å². The van der Waals surface area contributed by atoms with Crippen molar-refractivity contribution in [3.63, 3.8) is 0 Å². The molecule has 2 nitrogen and oxygen atoms in total. The minimum Gasteiger partial charge on any atom is -0.357 e. The molecule has 0 atom stereocenters. The van der Waals surface area contributed by atoms with Crippen LogP contribution in [0.25, 0.3) is 6.08 Å². The molecule has 0 aliphatic carbocycles. The largest absolute Gasteiger partial charge is 0.391 e. The van der Waals surface area contributed by atoms with Crippen molar-refractivity contribution in [2.24, 2.45) is 5.92 Å². The van der Waals surface area contributed by atoms with Crippen LogP contribution < -0.4 is 4.90 Å². The molecule has 5 heteroatoms. The summed E-state index contributed by atoms with van der Waals surface area (Å²) in [7, 11) is 0. The van der Waals surface area contributed by atoms with Crippen LogP contribution >= 0.6 is 0 Å². The van der Waals surface area contributed by atoms with Crippen LogP contribution in [0.1, 0.15) is 24.1 Å². The van der Waals surface area contributed by atoms with E-state index < -0.39 is 12.1 Å². The highest BCUT2D eigenvalue weighted by molar-refractivity contribution is 5.53. The summed E-state index contributed by atoms with van der Waals surface area (Å²) in [5, 5.41) is 0. The highest BCUT2D eigenvalue weighted by Gasteiger charge is 2.41. The number of piperidine rings is 1. The molecule has 1 aromatic rings. The van der Waals surface area contributed by atoms with Crippen LogP contribution in [0.2, 0.25) is 0 Å². The van der Waals surface area contributed by atoms with Gasteiger partial charge in [0.15, 0.2) is 0 Å². The fourth-order valence-electron chi connectivity index (χ4n) is 2.39. The second-order valence-corrected chi connectivity index (χ2v) is 4.85. The van der Waals surface area contributed by atoms with Crippen molar-refractivity contribution in [3.05, 3.63) is 30.0 Å². The maximum absolute atomic E-state index is 12.6. The maximum atomic E-state index is 12.6. The number of alkyl halides is 3. The van der Waals surface area contributed by atoms with Crippen LogP contribution in [0.5, 0.6) is 0 Å². The van der Waals surface area contributed by atoms with Gasteiger partial charge in [0.2, 0.25) is 0 Å². The molecule has 1 aromatic heterocycles. The molecule has 1 aliphatic rings. The Morgan fingerprint density at radius 2 is 1.95 bits per heavy atom. The van der Waals surface area contributed by atoms with Gasteiger partial charge in [0.25, 0.3) is 0 Å². The number of rotatable bonds is 2. The summed E-state index contributed by atoms with van der Waals surface area (Å²) in [5.74, 6) is -0.416. The molecule has 2 rings (SSSR count). The predicted molar refractivity (Wildman–Crippen MR) is 70.1 cm³/mol. The number of aromatic nitrogens is 1. The second kappa shape index (κ2) is 5.23. The third kappa shape index (κ3) is 3.08. The minimum atomic E-state index is -4.07. The van der Waals surface area contributed by atoms with E-state index in [4.69, 9.17) is 0 Å². The van der Waals surface area contributed by atoms with E-state index in [-0.39, 0.29) is 12.8 Å². The smallest absolute Gasteiger partial charge is 0.357 e. The zero-order valence-corrected chi connectivity index (χ0v) is 10.9. The zero-order chi connectivity index (χ0) is 14.0. The van der Waals surface area contributed by atoms with Gasteiger partial charge in [-0.25, -0.2) is 4.98 Å². The van der Waals surface area contributed by atoms with Gasteiger partial charge < -0.3 is 4.90 Å². The normalized spacial score (nSPS) is 17.6. The average molecular weight is 270 g/mol. The first-order chi connectivity index (χ1) is 8.91. The van der Waals surface area contributed by atoms with Crippen LogP contribution in [0.3, 0.4) is 0 Å².